The number of anilines is 2. The van der Waals surface area contributed by atoms with Crippen LogP contribution >= 0.6 is 46.4 Å². The molecule has 88 heavy (non-hydrogen) atoms. The lowest BCUT2D eigenvalue weighted by Gasteiger charge is -2.38. The number of fused-ring (bicyclic) bond motifs is 2. The van der Waals surface area contributed by atoms with Crippen molar-refractivity contribution in [1.29, 1.82) is 0 Å². The molecule has 4 aromatic rings. The van der Waals surface area contributed by atoms with E-state index in [1.54, 1.807) is 12.1 Å². The highest BCUT2D eigenvalue weighted by Crippen LogP contribution is 2.46. The molecule has 2 saturated heterocycles. The fraction of sp³-hybridized carbons (Fsp3) is 0.594. The molecule has 8 N–H and O–H groups in total. The zero-order chi connectivity index (χ0) is 62.7. The van der Waals surface area contributed by atoms with E-state index < -0.39 is 21.8 Å². The number of carbonyl (C=O) groups excluding carboxylic acids is 2. The van der Waals surface area contributed by atoms with Gasteiger partial charge < -0.3 is 42.2 Å². The average Bonchev–Trinajstić information content (AvgIpc) is 2.36. The van der Waals surface area contributed by atoms with E-state index in [0.29, 0.717) is 82.2 Å². The second kappa shape index (κ2) is 34.8. The number of hydrogen-bond acceptors (Lipinski definition) is 12. The summed E-state index contributed by atoms with van der Waals surface area (Å²) >= 11 is 26.4. The zero-order valence-electron chi connectivity index (χ0n) is 51.1. The Morgan fingerprint density at radius 2 is 0.875 bits per heavy atom. The van der Waals surface area contributed by atoms with Crippen LogP contribution in [0.4, 0.5) is 21.0 Å². The van der Waals surface area contributed by atoms with Crippen molar-refractivity contribution < 1.29 is 35.9 Å². The lowest BCUT2D eigenvalue weighted by molar-refractivity contribution is 0.0589. The maximum atomic E-state index is 12.5. The summed E-state index contributed by atoms with van der Waals surface area (Å²) in [5.41, 5.74) is 19.7. The van der Waals surface area contributed by atoms with Crippen LogP contribution in [0.3, 0.4) is 0 Å². The van der Waals surface area contributed by atoms with Gasteiger partial charge in [0.1, 0.15) is 23.7 Å². The number of thiol groups is 2. The van der Waals surface area contributed by atoms with Crippen LogP contribution in [0.1, 0.15) is 161 Å². The van der Waals surface area contributed by atoms with Crippen LogP contribution in [0.25, 0.3) is 0 Å². The molecular formula is C64H92Cl4N10O8S2. The van der Waals surface area contributed by atoms with Crippen LogP contribution < -0.4 is 50.8 Å². The van der Waals surface area contributed by atoms with E-state index >= 15 is 0 Å². The second-order valence-electron chi connectivity index (χ2n) is 24.3. The fourth-order valence-corrected chi connectivity index (χ4v) is 15.4. The van der Waals surface area contributed by atoms with E-state index in [1.165, 1.54) is 8.61 Å². The zero-order valence-corrected chi connectivity index (χ0v) is 55.9. The van der Waals surface area contributed by atoms with Gasteiger partial charge in [0.2, 0.25) is 21.8 Å². The minimum Gasteiger partial charge on any atom is -0.484 e. The van der Waals surface area contributed by atoms with E-state index in [-0.39, 0.29) is 48.4 Å². The first-order valence-corrected chi connectivity index (χ1v) is 35.6. The smallest absolute Gasteiger partial charge is 0.314 e. The molecule has 8 rings (SSSR count). The van der Waals surface area contributed by atoms with Crippen LogP contribution in [0.2, 0.25) is 20.1 Å². The van der Waals surface area contributed by atoms with Crippen molar-refractivity contribution in [2.75, 3.05) is 74.1 Å². The lowest BCUT2D eigenvalue weighted by atomic mass is 10.0. The number of carbonyl (C=O) groups is 2. The van der Waals surface area contributed by atoms with Crippen molar-refractivity contribution in [3.05, 3.63) is 114 Å². The molecule has 2 heterocycles. The summed E-state index contributed by atoms with van der Waals surface area (Å²) in [7, 11) is -5.69. The van der Waals surface area contributed by atoms with Crippen molar-refractivity contribution in [1.82, 2.24) is 31.1 Å². The molecule has 4 aliphatic rings. The van der Waals surface area contributed by atoms with Crippen molar-refractivity contribution in [3.8, 4) is 11.5 Å². The normalized spacial score (nSPS) is 20.2. The predicted octanol–water partition coefficient (Wildman–Crippen LogP) is 11.3. The molecule has 0 bridgehead atoms. The van der Waals surface area contributed by atoms with Gasteiger partial charge in [0.25, 0.3) is 0 Å². The number of ether oxygens (including phenoxy) is 2. The third kappa shape index (κ3) is 20.0. The molecule has 24 heteroatoms. The van der Waals surface area contributed by atoms with E-state index in [0.717, 1.165) is 188 Å². The first kappa shape index (κ1) is 69.4. The van der Waals surface area contributed by atoms with Crippen molar-refractivity contribution in [2.24, 2.45) is 11.5 Å². The Morgan fingerprint density at radius 1 is 0.523 bits per heavy atom. The van der Waals surface area contributed by atoms with E-state index in [1.807, 2.05) is 62.4 Å². The first-order chi connectivity index (χ1) is 42.4. The Bertz CT molecular complexity index is 2910. The summed E-state index contributed by atoms with van der Waals surface area (Å²) in [6.07, 6.45) is 17.1. The van der Waals surface area contributed by atoms with Crippen molar-refractivity contribution in [3.63, 3.8) is 0 Å². The molecule has 0 saturated carbocycles. The Hall–Kier alpha value is -4.48. The first-order valence-electron chi connectivity index (χ1n) is 31.8. The van der Waals surface area contributed by atoms with Gasteiger partial charge >= 0.3 is 12.1 Å². The number of unbranched alkanes of at least 4 members (excludes halogenated alkanes) is 11. The van der Waals surface area contributed by atoms with Gasteiger partial charge in [0, 0.05) is 95.7 Å². The molecule has 2 fully saturated rings. The third-order valence-electron chi connectivity index (χ3n) is 17.6. The van der Waals surface area contributed by atoms with Gasteiger partial charge in [0.15, 0.2) is 0 Å². The van der Waals surface area contributed by atoms with Gasteiger partial charge in [0.05, 0.1) is 23.5 Å². The van der Waals surface area contributed by atoms with Crippen LogP contribution in [-0.2, 0) is 34.6 Å². The van der Waals surface area contributed by atoms with Gasteiger partial charge in [-0.3, -0.25) is 18.4 Å². The molecule has 2 aliphatic heterocycles. The largest absolute Gasteiger partial charge is 0.484 e. The van der Waals surface area contributed by atoms with Crippen LogP contribution in [0.15, 0.2) is 60.7 Å². The highest BCUT2D eigenvalue weighted by molar-refractivity contribution is 7.74. The Kier molecular flexibility index (Phi) is 27.5. The number of hydrogen-bond donors (Lipinski definition) is 8. The number of rotatable bonds is 33. The van der Waals surface area contributed by atoms with E-state index in [4.69, 9.17) is 67.3 Å². The lowest BCUT2D eigenvalue weighted by Crippen LogP contribution is -2.49. The average molecular weight is 1340 g/mol. The molecule has 0 unspecified atom stereocenters. The van der Waals surface area contributed by atoms with Gasteiger partial charge in [-0.2, -0.15) is 0 Å². The summed E-state index contributed by atoms with van der Waals surface area (Å²) in [5, 5.41) is 14.0. The fourth-order valence-electron chi connectivity index (χ4n) is 12.9. The number of likely N-dealkylation sites (tertiary alicyclic amines) is 2. The third-order valence-corrected chi connectivity index (χ3v) is 20.4. The minimum atomic E-state index is -2.84. The number of aryl methyl sites for hydroxylation is 2. The number of nitrogens with two attached hydrogens (primary N) is 2. The molecule has 0 aromatic heterocycles. The topological polar surface area (TPSA) is 234 Å². The second-order valence-corrected chi connectivity index (χ2v) is 27.9. The molecule has 4 amide bonds. The molecule has 4 aromatic carbocycles. The summed E-state index contributed by atoms with van der Waals surface area (Å²) < 4.78 is 66.3. The summed E-state index contributed by atoms with van der Waals surface area (Å²) in [6.45, 7) is 10.2. The monoisotopic (exact) mass is 1330 g/mol. The number of nitrogens with zero attached hydrogens (tertiary/aromatic N) is 4. The summed E-state index contributed by atoms with van der Waals surface area (Å²) in [6, 6.07) is 18.4. The maximum Gasteiger partial charge on any atom is 0.314 e. The molecule has 18 nitrogen and oxygen atoms in total. The van der Waals surface area contributed by atoms with Crippen molar-refractivity contribution >= 4 is 91.6 Å². The Balaban J connectivity index is 0.615. The van der Waals surface area contributed by atoms with Crippen LogP contribution in [0.5, 0.6) is 11.5 Å². The predicted molar refractivity (Wildman–Crippen MR) is 357 cm³/mol. The number of nitrogens with one attached hydrogen (secondary N) is 4. The molecule has 0 spiro atoms. The maximum absolute atomic E-state index is 12.5. The summed E-state index contributed by atoms with van der Waals surface area (Å²) in [5.74, 6) is 1.36. The number of halogens is 4. The Labute approximate surface area is 544 Å². The molecular weight excluding hydrogens is 1240 g/mol. The van der Waals surface area contributed by atoms with Gasteiger partial charge in [-0.05, 0) is 187 Å². The summed E-state index contributed by atoms with van der Waals surface area (Å²) in [4.78, 5) is 29.5. The highest BCUT2D eigenvalue weighted by Gasteiger charge is 2.43. The van der Waals surface area contributed by atoms with E-state index in [2.05, 4.69) is 31.1 Å². The number of urea groups is 2. The quantitative estimate of drug-likeness (QED) is 0.0164. The van der Waals surface area contributed by atoms with Crippen LogP contribution in [0, 0.1) is 13.8 Å². The standard InChI is InChI=1S/C64H92Cl4N10O8S2/c1-43-33-49(21-23-59(43)85-61-53-35-45(65)37-55(67)51(53)39-57(61)75-29-17-19-47(69)41-75)77(87(81)82)31-15-9-5-3-7-11-25-71-63(79)73-27-13-14-28-74-64(80)72-26-12-8-4-6-10-16-32-78(88(83)84)50-22-24-60(44(2)34-50)86-62-54-36-46(66)38-56(68)52(54)40-58(62)76-30-18-20-48(70)42-76/h21-24,33-38,47-48,57-58,61-62,87-88H,3-20,25-32,39-42,69-70H2,1-2H3,(H2,71,73,79)(H2,72,74,80)/t47-,48-,57+,58+,61+,62+/m1/s1. The number of piperidine rings is 2. The number of benzene rings is 4. The SMILES string of the molecule is Cc1cc(N(CCCCCCCCNC(=O)NCCCCNC(=O)NCCCCCCCCN(c2ccc(O[C@H]3c4cc(Cl)cc(Cl)c4C[C@@H]3N3CCC[C@@H](N)C3)c(C)c2)[SH](=O)=O)[SH](=O)=O)ccc1O[C@H]1c2cc(Cl)cc(Cl)c2C[C@@H]1N1CCC[C@@H](N)C1. The number of amides is 4. The highest BCUT2D eigenvalue weighted by atomic mass is 35.5. The van der Waals surface area contributed by atoms with Crippen LogP contribution in [-0.4, -0.2) is 128 Å². The van der Waals surface area contributed by atoms with Gasteiger partial charge in [-0.15, -0.1) is 0 Å². The van der Waals surface area contributed by atoms with Gasteiger partial charge in [-0.1, -0.05) is 97.8 Å². The molecule has 6 atom stereocenters. The van der Waals surface area contributed by atoms with Crippen molar-refractivity contribution in [2.45, 2.75) is 179 Å². The molecule has 486 valence electrons. The minimum absolute atomic E-state index is 0.0471. The Morgan fingerprint density at radius 3 is 1.23 bits per heavy atom. The van der Waals surface area contributed by atoms with E-state index in [9.17, 15) is 26.4 Å². The van der Waals surface area contributed by atoms with Gasteiger partial charge in [-0.25, -0.2) is 26.4 Å². The molecule has 2 aliphatic carbocycles. The molecule has 0 radical (unpaired) electrons.